The van der Waals surface area contributed by atoms with E-state index in [1.165, 1.54) is 0 Å². The average molecular weight is 532 g/mol. The molecule has 0 fully saturated rings. The molecule has 0 atom stereocenters. The van der Waals surface area contributed by atoms with Gasteiger partial charge in [0.05, 0.1) is 20.5 Å². The first kappa shape index (κ1) is 16.1. The molecule has 1 N–H and O–H groups in total. The Morgan fingerprint density at radius 1 is 0.900 bits per heavy atom. The summed E-state index contributed by atoms with van der Waals surface area (Å²) in [5.41, 5.74) is 0. The Labute approximate surface area is 149 Å². The predicted octanol–water partition coefficient (Wildman–Crippen LogP) is 6.24. The van der Waals surface area contributed by atoms with Crippen LogP contribution in [-0.4, -0.2) is 12.2 Å². The second kappa shape index (κ2) is 6.68. The summed E-state index contributed by atoms with van der Waals surface area (Å²) < 4.78 is 13.8. The zero-order valence-corrected chi connectivity index (χ0v) is 16.4. The first-order valence-electron chi connectivity index (χ1n) is 5.32. The summed E-state index contributed by atoms with van der Waals surface area (Å²) in [5.74, 6) is 1.33. The van der Waals surface area contributed by atoms with Crippen LogP contribution in [0.2, 0.25) is 0 Å². The molecule has 0 aliphatic rings. The van der Waals surface area contributed by atoms with Gasteiger partial charge < -0.3 is 14.6 Å². The molecule has 0 aromatic heterocycles. The Morgan fingerprint density at radius 3 is 2.20 bits per heavy atom. The van der Waals surface area contributed by atoms with Gasteiger partial charge >= 0.3 is 0 Å². The maximum Gasteiger partial charge on any atom is 0.184 e. The third-order valence-corrected chi connectivity index (χ3v) is 4.74. The van der Waals surface area contributed by atoms with E-state index in [-0.39, 0.29) is 5.75 Å². The van der Waals surface area contributed by atoms with Crippen molar-refractivity contribution in [3.63, 3.8) is 0 Å². The molecule has 2 rings (SSSR count). The predicted molar refractivity (Wildman–Crippen MR) is 92.0 cm³/mol. The smallest absolute Gasteiger partial charge is 0.184 e. The molecule has 0 unspecified atom stereocenters. The highest BCUT2D eigenvalue weighted by molar-refractivity contribution is 9.11. The first-order chi connectivity index (χ1) is 9.43. The quantitative estimate of drug-likeness (QED) is 0.509. The number of phenolic OH excluding ortho intramolecular Hbond substituents is 1. The first-order valence-corrected chi connectivity index (χ1v) is 8.49. The molecular formula is C13H8Br4O3. The lowest BCUT2D eigenvalue weighted by Gasteiger charge is -2.15. The molecule has 0 saturated heterocycles. The normalized spacial score (nSPS) is 10.4. The fourth-order valence-corrected chi connectivity index (χ4v) is 3.49. The Kier molecular flexibility index (Phi) is 5.39. The standard InChI is InChI=1S/C13H8Br4O3/c1-19-10-5-6(14)4-9(17)12(10)20-13-8(16)3-2-7(15)11(13)18/h2-5,18H,1H3. The van der Waals surface area contributed by atoms with E-state index in [1.807, 2.05) is 6.07 Å². The zero-order valence-electron chi connectivity index (χ0n) is 10.1. The second-order valence-corrected chi connectivity index (χ2v) is 7.21. The number of hydrogen-bond donors (Lipinski definition) is 1. The molecule has 0 heterocycles. The van der Waals surface area contributed by atoms with Gasteiger partial charge in [-0.05, 0) is 72.1 Å². The minimum atomic E-state index is 0.0104. The summed E-state index contributed by atoms with van der Waals surface area (Å²) in [6, 6.07) is 7.11. The van der Waals surface area contributed by atoms with Gasteiger partial charge in [-0.1, -0.05) is 15.9 Å². The maximum atomic E-state index is 10.1. The topological polar surface area (TPSA) is 38.7 Å². The van der Waals surface area contributed by atoms with Crippen LogP contribution in [0.5, 0.6) is 23.0 Å². The highest BCUT2D eigenvalue weighted by Gasteiger charge is 2.17. The van der Waals surface area contributed by atoms with Gasteiger partial charge in [0.25, 0.3) is 0 Å². The second-order valence-electron chi connectivity index (χ2n) is 3.73. The van der Waals surface area contributed by atoms with Gasteiger partial charge in [0, 0.05) is 4.47 Å². The summed E-state index contributed by atoms with van der Waals surface area (Å²) in [6.45, 7) is 0. The van der Waals surface area contributed by atoms with E-state index >= 15 is 0 Å². The van der Waals surface area contributed by atoms with E-state index in [2.05, 4.69) is 63.7 Å². The van der Waals surface area contributed by atoms with Crippen molar-refractivity contribution in [1.82, 2.24) is 0 Å². The van der Waals surface area contributed by atoms with Crippen LogP contribution in [0, 0.1) is 0 Å². The van der Waals surface area contributed by atoms with Crippen molar-refractivity contribution in [1.29, 1.82) is 0 Å². The molecule has 3 nitrogen and oxygen atoms in total. The molecule has 0 spiro atoms. The van der Waals surface area contributed by atoms with Crippen molar-refractivity contribution >= 4 is 63.7 Å². The summed E-state index contributed by atoms with van der Waals surface area (Å²) in [7, 11) is 1.55. The molecule has 106 valence electrons. The molecule has 0 saturated carbocycles. The molecule has 7 heteroatoms. The Bertz CT molecular complexity index is 659. The average Bonchev–Trinajstić information content (AvgIpc) is 2.40. The molecule has 2 aromatic carbocycles. The van der Waals surface area contributed by atoms with Crippen LogP contribution < -0.4 is 9.47 Å². The molecule has 0 bridgehead atoms. The Hall–Kier alpha value is -0.240. The number of methoxy groups -OCH3 is 1. The van der Waals surface area contributed by atoms with Crippen molar-refractivity contribution in [3.8, 4) is 23.0 Å². The molecule has 0 aliphatic carbocycles. The van der Waals surface area contributed by atoms with Crippen molar-refractivity contribution in [3.05, 3.63) is 42.2 Å². The van der Waals surface area contributed by atoms with E-state index in [4.69, 9.17) is 9.47 Å². The molecule has 0 aliphatic heterocycles. The molecule has 20 heavy (non-hydrogen) atoms. The van der Waals surface area contributed by atoms with Crippen molar-refractivity contribution in [2.75, 3.05) is 7.11 Å². The minimum absolute atomic E-state index is 0.0104. The Balaban J connectivity index is 2.53. The summed E-state index contributed by atoms with van der Waals surface area (Å²) in [6.07, 6.45) is 0. The van der Waals surface area contributed by atoms with Gasteiger partial charge in [0.1, 0.15) is 0 Å². The van der Waals surface area contributed by atoms with E-state index in [0.717, 1.165) is 4.47 Å². The van der Waals surface area contributed by atoms with E-state index in [9.17, 15) is 5.11 Å². The number of benzene rings is 2. The van der Waals surface area contributed by atoms with Crippen LogP contribution in [0.25, 0.3) is 0 Å². The zero-order chi connectivity index (χ0) is 14.9. The lowest BCUT2D eigenvalue weighted by molar-refractivity contribution is 0.363. The van der Waals surface area contributed by atoms with Gasteiger partial charge in [-0.15, -0.1) is 0 Å². The number of ether oxygens (including phenoxy) is 2. The van der Waals surface area contributed by atoms with Gasteiger partial charge in [-0.2, -0.15) is 0 Å². The highest BCUT2D eigenvalue weighted by atomic mass is 79.9. The van der Waals surface area contributed by atoms with Gasteiger partial charge in [0.2, 0.25) is 0 Å². The largest absolute Gasteiger partial charge is 0.503 e. The SMILES string of the molecule is COc1cc(Br)cc(Br)c1Oc1c(Br)ccc(Br)c1O. The third-order valence-electron chi connectivity index (χ3n) is 2.43. The molecule has 2 aromatic rings. The van der Waals surface area contributed by atoms with Gasteiger partial charge in [-0.25, -0.2) is 0 Å². The number of aromatic hydroxyl groups is 1. The number of rotatable bonds is 3. The van der Waals surface area contributed by atoms with E-state index in [0.29, 0.717) is 30.7 Å². The van der Waals surface area contributed by atoms with Crippen LogP contribution in [0.3, 0.4) is 0 Å². The van der Waals surface area contributed by atoms with Crippen molar-refractivity contribution < 1.29 is 14.6 Å². The summed E-state index contributed by atoms with van der Waals surface area (Å²) >= 11 is 13.4. The van der Waals surface area contributed by atoms with Crippen molar-refractivity contribution in [2.24, 2.45) is 0 Å². The van der Waals surface area contributed by atoms with Crippen LogP contribution in [0.1, 0.15) is 0 Å². The van der Waals surface area contributed by atoms with Crippen LogP contribution in [0.15, 0.2) is 42.2 Å². The maximum absolute atomic E-state index is 10.1. The minimum Gasteiger partial charge on any atom is -0.503 e. The van der Waals surface area contributed by atoms with E-state index in [1.54, 1.807) is 25.3 Å². The fourth-order valence-electron chi connectivity index (χ4n) is 1.51. The number of hydrogen-bond acceptors (Lipinski definition) is 3. The monoisotopic (exact) mass is 528 g/mol. The highest BCUT2D eigenvalue weighted by Crippen LogP contribution is 2.47. The van der Waals surface area contributed by atoms with Gasteiger partial charge in [-0.3, -0.25) is 0 Å². The summed E-state index contributed by atoms with van der Waals surface area (Å²) in [5, 5.41) is 10.1. The third kappa shape index (κ3) is 3.32. The lowest BCUT2D eigenvalue weighted by Crippen LogP contribution is -1.93. The Morgan fingerprint density at radius 2 is 1.55 bits per heavy atom. The molecular weight excluding hydrogens is 524 g/mol. The number of halogens is 4. The lowest BCUT2D eigenvalue weighted by atomic mass is 10.3. The fraction of sp³-hybridized carbons (Fsp3) is 0.0769. The van der Waals surface area contributed by atoms with Crippen molar-refractivity contribution in [2.45, 2.75) is 0 Å². The van der Waals surface area contributed by atoms with E-state index < -0.39 is 0 Å². The number of phenols is 1. The summed E-state index contributed by atoms with van der Waals surface area (Å²) in [4.78, 5) is 0. The molecule has 0 amide bonds. The van der Waals surface area contributed by atoms with Crippen LogP contribution >= 0.6 is 63.7 Å². The van der Waals surface area contributed by atoms with Gasteiger partial charge in [0.15, 0.2) is 23.0 Å². The molecule has 0 radical (unpaired) electrons. The van der Waals surface area contributed by atoms with Crippen LogP contribution in [0.4, 0.5) is 0 Å². The van der Waals surface area contributed by atoms with Crippen LogP contribution in [-0.2, 0) is 0 Å².